The maximum Gasteiger partial charge on any atom is 0.417 e. The molecule has 0 spiro atoms. The molecule has 0 bridgehead atoms. The second kappa shape index (κ2) is 5.74. The second-order valence-electron chi connectivity index (χ2n) is 4.69. The zero-order valence-corrected chi connectivity index (χ0v) is 11.7. The van der Waals surface area contributed by atoms with Gasteiger partial charge < -0.3 is 5.32 Å². The average Bonchev–Trinajstić information content (AvgIpc) is 2.35. The van der Waals surface area contributed by atoms with Gasteiger partial charge in [-0.25, -0.2) is 0 Å². The van der Waals surface area contributed by atoms with Crippen LogP contribution in [0.5, 0.6) is 0 Å². The summed E-state index contributed by atoms with van der Waals surface area (Å²) in [6.45, 7) is 4.54. The lowest BCUT2D eigenvalue weighted by atomic mass is 10.1. The Balaban J connectivity index is 2.98. The molecule has 0 aromatic heterocycles. The monoisotopic (exact) mass is 288 g/mol. The van der Waals surface area contributed by atoms with Gasteiger partial charge in [-0.05, 0) is 38.3 Å². The Bertz CT molecular complexity index is 490. The Kier molecular flexibility index (Phi) is 4.75. The van der Waals surface area contributed by atoms with Crippen molar-refractivity contribution in [3.63, 3.8) is 0 Å². The molecule has 0 saturated heterocycles. The lowest BCUT2D eigenvalue weighted by Gasteiger charge is -2.23. The van der Waals surface area contributed by atoms with E-state index in [2.05, 4.69) is 5.32 Å². The molecule has 1 N–H and O–H groups in total. The minimum Gasteiger partial charge on any atom is -0.384 e. The Morgan fingerprint density at radius 3 is 2.42 bits per heavy atom. The number of hydrogen-bond donors (Lipinski definition) is 1. The van der Waals surface area contributed by atoms with Crippen molar-refractivity contribution in [2.45, 2.75) is 24.8 Å². The fourth-order valence-electron chi connectivity index (χ4n) is 1.37. The maximum atomic E-state index is 12.8. The standard InChI is InChI=1S/C13H15F3N2S/c1-12(2,19-3)8-18-10-5-4-9(7-17)11(6-10)13(14,15)16/h4-6,18H,8H2,1-3H3. The molecule has 0 aliphatic carbocycles. The number of nitriles is 1. The summed E-state index contributed by atoms with van der Waals surface area (Å²) >= 11 is 1.63. The maximum absolute atomic E-state index is 12.8. The quantitative estimate of drug-likeness (QED) is 0.905. The first-order chi connectivity index (χ1) is 8.69. The molecule has 19 heavy (non-hydrogen) atoms. The van der Waals surface area contributed by atoms with Crippen LogP contribution in [0.4, 0.5) is 18.9 Å². The van der Waals surface area contributed by atoms with E-state index >= 15 is 0 Å². The Hall–Kier alpha value is -1.35. The third kappa shape index (κ3) is 4.35. The fourth-order valence-corrected chi connectivity index (χ4v) is 1.59. The van der Waals surface area contributed by atoms with Crippen LogP contribution in [0.2, 0.25) is 0 Å². The summed E-state index contributed by atoms with van der Waals surface area (Å²) in [4.78, 5) is 0. The first kappa shape index (κ1) is 15.7. The molecule has 1 rings (SSSR count). The number of benzene rings is 1. The van der Waals surface area contributed by atoms with Crippen LogP contribution in [0, 0.1) is 11.3 Å². The zero-order valence-electron chi connectivity index (χ0n) is 10.9. The summed E-state index contributed by atoms with van der Waals surface area (Å²) in [5.41, 5.74) is -0.891. The molecule has 104 valence electrons. The van der Waals surface area contributed by atoms with Gasteiger partial charge in [0.2, 0.25) is 0 Å². The lowest BCUT2D eigenvalue weighted by molar-refractivity contribution is -0.137. The highest BCUT2D eigenvalue weighted by Crippen LogP contribution is 2.33. The van der Waals surface area contributed by atoms with E-state index in [0.717, 1.165) is 6.07 Å². The summed E-state index contributed by atoms with van der Waals surface area (Å²) in [5, 5.41) is 11.7. The topological polar surface area (TPSA) is 35.8 Å². The van der Waals surface area contributed by atoms with E-state index in [9.17, 15) is 13.2 Å². The first-order valence-electron chi connectivity index (χ1n) is 5.60. The number of nitrogens with zero attached hydrogens (tertiary/aromatic N) is 1. The fraction of sp³-hybridized carbons (Fsp3) is 0.462. The molecule has 0 atom stereocenters. The van der Waals surface area contributed by atoms with Gasteiger partial charge in [-0.2, -0.15) is 30.2 Å². The molecule has 1 aromatic carbocycles. The van der Waals surface area contributed by atoms with Gasteiger partial charge in [-0.3, -0.25) is 0 Å². The van der Waals surface area contributed by atoms with Crippen LogP contribution in [-0.2, 0) is 6.18 Å². The second-order valence-corrected chi connectivity index (χ2v) is 6.20. The molecule has 0 heterocycles. The van der Waals surface area contributed by atoms with Crippen LogP contribution < -0.4 is 5.32 Å². The van der Waals surface area contributed by atoms with Crippen LogP contribution in [0.3, 0.4) is 0 Å². The smallest absolute Gasteiger partial charge is 0.384 e. The van der Waals surface area contributed by atoms with Crippen molar-refractivity contribution >= 4 is 17.4 Å². The molecule has 6 heteroatoms. The van der Waals surface area contributed by atoms with Crippen LogP contribution in [0.25, 0.3) is 0 Å². The molecular formula is C13H15F3N2S. The predicted molar refractivity (Wildman–Crippen MR) is 72.2 cm³/mol. The van der Waals surface area contributed by atoms with Crippen LogP contribution in [0.15, 0.2) is 18.2 Å². The van der Waals surface area contributed by atoms with Crippen molar-refractivity contribution in [2.75, 3.05) is 18.1 Å². The summed E-state index contributed by atoms with van der Waals surface area (Å²) < 4.78 is 38.2. The Morgan fingerprint density at radius 2 is 1.95 bits per heavy atom. The summed E-state index contributed by atoms with van der Waals surface area (Å²) in [7, 11) is 0. The van der Waals surface area contributed by atoms with Crippen LogP contribution in [-0.4, -0.2) is 17.5 Å². The molecule has 0 unspecified atom stereocenters. The first-order valence-corrected chi connectivity index (χ1v) is 6.82. The number of halogens is 3. The number of anilines is 1. The van der Waals surface area contributed by atoms with Gasteiger partial charge in [0, 0.05) is 17.0 Å². The molecule has 0 fully saturated rings. The van der Waals surface area contributed by atoms with E-state index in [1.54, 1.807) is 17.8 Å². The highest BCUT2D eigenvalue weighted by atomic mass is 32.2. The third-order valence-corrected chi connectivity index (χ3v) is 3.97. The van der Waals surface area contributed by atoms with Gasteiger partial charge in [-0.15, -0.1) is 0 Å². The highest BCUT2D eigenvalue weighted by Gasteiger charge is 2.33. The molecule has 0 saturated carbocycles. The van der Waals surface area contributed by atoms with Crippen molar-refractivity contribution in [1.82, 2.24) is 0 Å². The van der Waals surface area contributed by atoms with Gasteiger partial charge in [-0.1, -0.05) is 0 Å². The summed E-state index contributed by atoms with van der Waals surface area (Å²) in [5.74, 6) is 0. The van der Waals surface area contributed by atoms with Gasteiger partial charge >= 0.3 is 6.18 Å². The molecule has 0 amide bonds. The summed E-state index contributed by atoms with van der Waals surface area (Å²) in [6.07, 6.45) is -2.57. The van der Waals surface area contributed by atoms with Crippen molar-refractivity contribution in [2.24, 2.45) is 0 Å². The Morgan fingerprint density at radius 1 is 1.32 bits per heavy atom. The minimum absolute atomic E-state index is 0.0771. The minimum atomic E-state index is -4.52. The SMILES string of the molecule is CSC(C)(C)CNc1ccc(C#N)c(C(F)(F)F)c1. The van der Waals surface area contributed by atoms with E-state index in [0.29, 0.717) is 12.2 Å². The van der Waals surface area contributed by atoms with Crippen molar-refractivity contribution in [3.8, 4) is 6.07 Å². The highest BCUT2D eigenvalue weighted by molar-refractivity contribution is 7.99. The normalized spacial score (nSPS) is 12.1. The molecule has 0 aliphatic rings. The third-order valence-electron chi connectivity index (χ3n) is 2.72. The predicted octanol–water partition coefficient (Wildman–Crippen LogP) is 4.13. The van der Waals surface area contributed by atoms with Gasteiger partial charge in [0.15, 0.2) is 0 Å². The van der Waals surface area contributed by atoms with E-state index in [1.807, 2.05) is 20.1 Å². The summed E-state index contributed by atoms with van der Waals surface area (Å²) in [6, 6.07) is 5.22. The van der Waals surface area contributed by atoms with Gasteiger partial charge in [0.25, 0.3) is 0 Å². The molecule has 0 radical (unpaired) electrons. The van der Waals surface area contributed by atoms with Crippen molar-refractivity contribution in [3.05, 3.63) is 29.3 Å². The number of thioether (sulfide) groups is 1. The lowest BCUT2D eigenvalue weighted by Crippen LogP contribution is -2.26. The number of rotatable bonds is 4. The van der Waals surface area contributed by atoms with Gasteiger partial charge in [0.1, 0.15) is 0 Å². The van der Waals surface area contributed by atoms with E-state index < -0.39 is 11.7 Å². The number of hydrogen-bond acceptors (Lipinski definition) is 3. The van der Waals surface area contributed by atoms with E-state index in [4.69, 9.17) is 5.26 Å². The van der Waals surface area contributed by atoms with E-state index in [1.165, 1.54) is 12.1 Å². The average molecular weight is 288 g/mol. The number of nitrogens with one attached hydrogen (secondary N) is 1. The molecule has 1 aromatic rings. The molecule has 0 aliphatic heterocycles. The zero-order chi connectivity index (χ0) is 14.7. The van der Waals surface area contributed by atoms with Crippen molar-refractivity contribution < 1.29 is 13.2 Å². The molecule has 2 nitrogen and oxygen atoms in total. The molecular weight excluding hydrogens is 273 g/mol. The van der Waals surface area contributed by atoms with E-state index in [-0.39, 0.29) is 10.3 Å². The Labute approximate surface area is 115 Å². The van der Waals surface area contributed by atoms with Gasteiger partial charge in [0.05, 0.1) is 17.2 Å². The largest absolute Gasteiger partial charge is 0.417 e. The van der Waals surface area contributed by atoms with Crippen LogP contribution in [0.1, 0.15) is 25.0 Å². The van der Waals surface area contributed by atoms with Crippen LogP contribution >= 0.6 is 11.8 Å². The van der Waals surface area contributed by atoms with Crippen molar-refractivity contribution in [1.29, 1.82) is 5.26 Å². The number of alkyl halides is 3.